The van der Waals surface area contributed by atoms with Gasteiger partial charge in [0.1, 0.15) is 0 Å². The first-order valence-electron chi connectivity index (χ1n) is 5.87. The molecule has 1 aromatic carbocycles. The minimum Gasteiger partial charge on any atom is -0.319 e. The van der Waals surface area contributed by atoms with E-state index in [2.05, 4.69) is 22.5 Å². The lowest BCUT2D eigenvalue weighted by molar-refractivity contribution is 0.638. The van der Waals surface area contributed by atoms with Crippen LogP contribution in [-0.2, 0) is 6.54 Å². The largest absolute Gasteiger partial charge is 0.319 e. The van der Waals surface area contributed by atoms with Crippen LogP contribution in [0.4, 0.5) is 0 Å². The fourth-order valence-corrected chi connectivity index (χ4v) is 2.80. The maximum atomic E-state index is 8.91. The second-order valence-corrected chi connectivity index (χ2v) is 5.81. The molecule has 0 N–H and O–H groups in total. The molecule has 0 aliphatic carbocycles. The van der Waals surface area contributed by atoms with Crippen molar-refractivity contribution in [1.29, 1.82) is 5.26 Å². The Morgan fingerprint density at radius 3 is 3.00 bits per heavy atom. The van der Waals surface area contributed by atoms with Gasteiger partial charge in [-0.3, -0.25) is 0 Å². The van der Waals surface area contributed by atoms with Crippen LogP contribution >= 0.6 is 23.4 Å². The Kier molecular flexibility index (Phi) is 4.15. The molecule has 0 saturated heterocycles. The first-order valence-corrected chi connectivity index (χ1v) is 7.13. The molecule has 18 heavy (non-hydrogen) atoms. The molecular weight excluding hydrogens is 266 g/mol. The second kappa shape index (κ2) is 5.64. The SMILES string of the molecule is CCCn1c(SC(C)C#N)nc2cc(Cl)ccc21. The van der Waals surface area contributed by atoms with E-state index in [1.165, 1.54) is 11.8 Å². The summed E-state index contributed by atoms with van der Waals surface area (Å²) in [5, 5.41) is 10.4. The van der Waals surface area contributed by atoms with Crippen LogP contribution in [-0.4, -0.2) is 14.8 Å². The van der Waals surface area contributed by atoms with Crippen molar-refractivity contribution < 1.29 is 0 Å². The summed E-state index contributed by atoms with van der Waals surface area (Å²) in [6.07, 6.45) is 1.03. The molecule has 0 radical (unpaired) electrons. The van der Waals surface area contributed by atoms with Gasteiger partial charge in [0.05, 0.1) is 22.4 Å². The second-order valence-electron chi connectivity index (χ2n) is 4.07. The smallest absolute Gasteiger partial charge is 0.170 e. The van der Waals surface area contributed by atoms with E-state index in [1.54, 1.807) is 0 Å². The monoisotopic (exact) mass is 279 g/mol. The number of halogens is 1. The van der Waals surface area contributed by atoms with Gasteiger partial charge in [0, 0.05) is 11.6 Å². The van der Waals surface area contributed by atoms with Crippen molar-refractivity contribution >= 4 is 34.4 Å². The summed E-state index contributed by atoms with van der Waals surface area (Å²) in [4.78, 5) is 4.57. The van der Waals surface area contributed by atoms with Gasteiger partial charge < -0.3 is 4.57 Å². The topological polar surface area (TPSA) is 41.6 Å². The van der Waals surface area contributed by atoms with E-state index in [0.29, 0.717) is 5.02 Å². The van der Waals surface area contributed by atoms with Gasteiger partial charge >= 0.3 is 0 Å². The number of fused-ring (bicyclic) bond motifs is 1. The van der Waals surface area contributed by atoms with Crippen LogP contribution in [0, 0.1) is 11.3 Å². The van der Waals surface area contributed by atoms with Crippen LogP contribution in [0.15, 0.2) is 23.4 Å². The minimum atomic E-state index is -0.104. The number of nitriles is 1. The Hall–Kier alpha value is -1.18. The molecule has 0 amide bonds. The molecule has 0 aliphatic rings. The Morgan fingerprint density at radius 1 is 1.56 bits per heavy atom. The third kappa shape index (κ3) is 2.63. The molecule has 5 heteroatoms. The third-order valence-corrected chi connectivity index (χ3v) is 3.80. The van der Waals surface area contributed by atoms with E-state index in [9.17, 15) is 0 Å². The van der Waals surface area contributed by atoms with Crippen molar-refractivity contribution in [2.75, 3.05) is 0 Å². The summed E-state index contributed by atoms with van der Waals surface area (Å²) in [5.41, 5.74) is 1.97. The number of nitrogens with zero attached hydrogens (tertiary/aromatic N) is 3. The predicted octanol–water partition coefficient (Wildman–Crippen LogP) is 4.10. The Bertz CT molecular complexity index is 600. The Morgan fingerprint density at radius 2 is 2.33 bits per heavy atom. The molecule has 1 atom stereocenters. The van der Waals surface area contributed by atoms with Gasteiger partial charge in [-0.2, -0.15) is 5.26 Å². The number of benzene rings is 1. The van der Waals surface area contributed by atoms with Crippen LogP contribution in [0.2, 0.25) is 5.02 Å². The summed E-state index contributed by atoms with van der Waals surface area (Å²) in [6, 6.07) is 7.95. The van der Waals surface area contributed by atoms with Crippen LogP contribution in [0.3, 0.4) is 0 Å². The van der Waals surface area contributed by atoms with Gasteiger partial charge in [-0.25, -0.2) is 4.98 Å². The molecule has 1 aromatic heterocycles. The average Bonchev–Trinajstić information content (AvgIpc) is 2.67. The number of rotatable bonds is 4. The number of aromatic nitrogens is 2. The highest BCUT2D eigenvalue weighted by Gasteiger charge is 2.13. The molecular formula is C13H14ClN3S. The molecule has 0 fully saturated rings. The van der Waals surface area contributed by atoms with Gasteiger partial charge in [0.2, 0.25) is 0 Å². The summed E-state index contributed by atoms with van der Waals surface area (Å²) in [7, 11) is 0. The van der Waals surface area contributed by atoms with Crippen molar-refractivity contribution in [3.05, 3.63) is 23.2 Å². The third-order valence-electron chi connectivity index (χ3n) is 2.59. The molecule has 94 valence electrons. The molecule has 3 nitrogen and oxygen atoms in total. The van der Waals surface area contributed by atoms with Gasteiger partial charge in [-0.1, -0.05) is 30.3 Å². The lowest BCUT2D eigenvalue weighted by atomic mass is 10.3. The number of imidazole rings is 1. The maximum Gasteiger partial charge on any atom is 0.170 e. The van der Waals surface area contributed by atoms with E-state index in [4.69, 9.17) is 16.9 Å². The summed E-state index contributed by atoms with van der Waals surface area (Å²) in [5.74, 6) is 0. The van der Waals surface area contributed by atoms with Crippen LogP contribution < -0.4 is 0 Å². The minimum absolute atomic E-state index is 0.104. The van der Waals surface area contributed by atoms with Crippen LogP contribution in [0.1, 0.15) is 20.3 Å². The van der Waals surface area contributed by atoms with Crippen LogP contribution in [0.5, 0.6) is 0 Å². The highest BCUT2D eigenvalue weighted by atomic mass is 35.5. The first kappa shape index (κ1) is 13.3. The van der Waals surface area contributed by atoms with Crippen molar-refractivity contribution in [1.82, 2.24) is 9.55 Å². The quantitative estimate of drug-likeness (QED) is 0.791. The zero-order valence-electron chi connectivity index (χ0n) is 10.4. The Balaban J connectivity index is 2.50. The fraction of sp³-hybridized carbons (Fsp3) is 0.385. The van der Waals surface area contributed by atoms with Crippen molar-refractivity contribution in [3.8, 4) is 6.07 Å². The van der Waals surface area contributed by atoms with Gasteiger partial charge in [-0.15, -0.1) is 0 Å². The average molecular weight is 280 g/mol. The molecule has 0 aliphatic heterocycles. The number of hydrogen-bond donors (Lipinski definition) is 0. The molecule has 2 aromatic rings. The van der Waals surface area contributed by atoms with E-state index in [1.807, 2.05) is 25.1 Å². The van der Waals surface area contributed by atoms with E-state index in [-0.39, 0.29) is 5.25 Å². The molecule has 0 spiro atoms. The van der Waals surface area contributed by atoms with Crippen molar-refractivity contribution in [2.45, 2.75) is 37.2 Å². The molecule has 0 saturated carbocycles. The van der Waals surface area contributed by atoms with Gasteiger partial charge in [-0.05, 0) is 31.5 Å². The fourth-order valence-electron chi connectivity index (χ4n) is 1.79. The predicted molar refractivity (Wildman–Crippen MR) is 76.0 cm³/mol. The van der Waals surface area contributed by atoms with Crippen molar-refractivity contribution in [2.24, 2.45) is 0 Å². The van der Waals surface area contributed by atoms with Crippen molar-refractivity contribution in [3.63, 3.8) is 0 Å². The lowest BCUT2D eigenvalue weighted by Crippen LogP contribution is -2.01. The van der Waals surface area contributed by atoms with E-state index < -0.39 is 0 Å². The highest BCUT2D eigenvalue weighted by molar-refractivity contribution is 8.00. The van der Waals surface area contributed by atoms with E-state index in [0.717, 1.165) is 29.2 Å². The maximum absolute atomic E-state index is 8.91. The number of hydrogen-bond acceptors (Lipinski definition) is 3. The molecule has 1 heterocycles. The highest BCUT2D eigenvalue weighted by Crippen LogP contribution is 2.28. The lowest BCUT2D eigenvalue weighted by Gasteiger charge is -2.07. The zero-order valence-corrected chi connectivity index (χ0v) is 11.9. The number of thioether (sulfide) groups is 1. The normalized spacial score (nSPS) is 12.6. The first-order chi connectivity index (χ1) is 8.65. The van der Waals surface area contributed by atoms with Gasteiger partial charge in [0.15, 0.2) is 5.16 Å². The van der Waals surface area contributed by atoms with E-state index >= 15 is 0 Å². The summed E-state index contributed by atoms with van der Waals surface area (Å²) < 4.78 is 2.16. The zero-order chi connectivity index (χ0) is 13.1. The Labute approximate surface area is 116 Å². The van der Waals surface area contributed by atoms with Gasteiger partial charge in [0.25, 0.3) is 0 Å². The summed E-state index contributed by atoms with van der Waals surface area (Å²) in [6.45, 7) is 4.91. The standard InChI is InChI=1S/C13H14ClN3S/c1-3-6-17-12-5-4-10(14)7-11(12)16-13(17)18-9(2)8-15/h4-5,7,9H,3,6H2,1-2H3. The molecule has 1 unspecified atom stereocenters. The summed E-state index contributed by atoms with van der Waals surface area (Å²) >= 11 is 7.47. The van der Waals surface area contributed by atoms with Crippen LogP contribution in [0.25, 0.3) is 11.0 Å². The number of aryl methyl sites for hydroxylation is 1. The molecule has 0 bridgehead atoms. The molecule has 2 rings (SSSR count).